The monoisotopic (exact) mass is 823 g/mol. The molecule has 0 radical (unpaired) electrons. The molecule has 0 unspecified atom stereocenters. The lowest BCUT2D eigenvalue weighted by Gasteiger charge is -2.30. The summed E-state index contributed by atoms with van der Waals surface area (Å²) in [5.74, 6) is 1.49. The Balaban J connectivity index is 1.67. The molecule has 328 valence electrons. The highest BCUT2D eigenvalue weighted by Crippen LogP contribution is 2.40. The molecular weight excluding hydrogens is 749 g/mol. The maximum atomic E-state index is 12.2. The minimum atomic E-state index is -0.630. The number of benzene rings is 3. The van der Waals surface area contributed by atoms with Gasteiger partial charge in [0.2, 0.25) is 0 Å². The zero-order valence-corrected chi connectivity index (χ0v) is 37.5. The molecule has 3 aromatic rings. The summed E-state index contributed by atoms with van der Waals surface area (Å²) >= 11 is 0. The zero-order chi connectivity index (χ0) is 43.5. The van der Waals surface area contributed by atoms with E-state index in [4.69, 9.17) is 14.2 Å². The molecule has 0 amide bonds. The third-order valence-electron chi connectivity index (χ3n) is 12.5. The number of rotatable bonds is 26. The fourth-order valence-electron chi connectivity index (χ4n) is 8.55. The first-order valence-electron chi connectivity index (χ1n) is 22.9. The van der Waals surface area contributed by atoms with E-state index < -0.39 is 17.4 Å². The van der Waals surface area contributed by atoms with Crippen molar-refractivity contribution >= 4 is 11.9 Å². The Morgan fingerprint density at radius 2 is 1.22 bits per heavy atom. The van der Waals surface area contributed by atoms with E-state index in [0.717, 1.165) is 53.2 Å². The van der Waals surface area contributed by atoms with E-state index in [-0.39, 0.29) is 26.4 Å². The molecule has 0 atom stereocenters. The Labute approximate surface area is 361 Å². The van der Waals surface area contributed by atoms with Crippen molar-refractivity contribution in [2.24, 2.45) is 11.3 Å². The van der Waals surface area contributed by atoms with Crippen LogP contribution in [0.2, 0.25) is 0 Å². The van der Waals surface area contributed by atoms with Crippen molar-refractivity contribution in [3.05, 3.63) is 101 Å². The number of aliphatic hydroxyl groups excluding tert-OH is 2. The fourth-order valence-corrected chi connectivity index (χ4v) is 8.55. The minimum Gasteiger partial charge on any atom is -0.493 e. The van der Waals surface area contributed by atoms with E-state index in [1.165, 1.54) is 67.2 Å². The minimum absolute atomic E-state index is 0.117. The van der Waals surface area contributed by atoms with Crippen LogP contribution < -0.4 is 4.74 Å². The number of aliphatic hydroxyl groups is 2. The highest BCUT2D eigenvalue weighted by Gasteiger charge is 2.29. The Bertz CT molecular complexity index is 1770. The summed E-state index contributed by atoms with van der Waals surface area (Å²) < 4.78 is 17.6. The molecular formula is C53H74O7. The molecule has 1 fully saturated rings. The summed E-state index contributed by atoms with van der Waals surface area (Å²) in [4.78, 5) is 24.4. The van der Waals surface area contributed by atoms with E-state index in [1.807, 2.05) is 0 Å². The second-order valence-electron chi connectivity index (χ2n) is 17.4. The van der Waals surface area contributed by atoms with Crippen LogP contribution in [0.25, 0.3) is 22.3 Å². The number of carbonyl (C=O) groups is 2. The highest BCUT2D eigenvalue weighted by molar-refractivity contribution is 5.87. The maximum Gasteiger partial charge on any atom is 0.333 e. The zero-order valence-electron chi connectivity index (χ0n) is 37.5. The van der Waals surface area contributed by atoms with Crippen LogP contribution in [0.3, 0.4) is 0 Å². The molecule has 0 saturated heterocycles. The predicted octanol–water partition coefficient (Wildman–Crippen LogP) is 12.1. The van der Waals surface area contributed by atoms with Gasteiger partial charge >= 0.3 is 11.9 Å². The van der Waals surface area contributed by atoms with E-state index >= 15 is 0 Å². The van der Waals surface area contributed by atoms with Crippen molar-refractivity contribution in [3.8, 4) is 28.0 Å². The van der Waals surface area contributed by atoms with E-state index in [0.29, 0.717) is 62.2 Å². The van der Waals surface area contributed by atoms with Crippen LogP contribution in [0.5, 0.6) is 5.75 Å². The SMILES string of the molecule is C=C(C)C(=O)OCCCc1cc(-c2ccc(-c3ccc(C4CCC(CCCC)CC4)cc3)cc2CC)cc(CCCOC(=O)C(=C)C)c1OCCC(CO)(CO)CCCC. The first-order chi connectivity index (χ1) is 29.0. The van der Waals surface area contributed by atoms with Crippen LogP contribution in [-0.2, 0) is 38.3 Å². The molecule has 0 aromatic heterocycles. The molecule has 0 spiro atoms. The Kier molecular flexibility index (Phi) is 20.1. The van der Waals surface area contributed by atoms with Crippen molar-refractivity contribution in [2.45, 2.75) is 143 Å². The molecule has 0 bridgehead atoms. The van der Waals surface area contributed by atoms with Gasteiger partial charge in [0.1, 0.15) is 5.75 Å². The second-order valence-corrected chi connectivity index (χ2v) is 17.4. The van der Waals surface area contributed by atoms with Crippen molar-refractivity contribution < 1.29 is 34.0 Å². The largest absolute Gasteiger partial charge is 0.493 e. The number of unbranched alkanes of at least 4 members (excludes halogenated alkanes) is 2. The molecule has 7 nitrogen and oxygen atoms in total. The van der Waals surface area contributed by atoms with Gasteiger partial charge in [-0.3, -0.25) is 0 Å². The van der Waals surface area contributed by atoms with E-state index in [2.05, 4.69) is 88.5 Å². The van der Waals surface area contributed by atoms with Crippen LogP contribution in [0, 0.1) is 11.3 Å². The van der Waals surface area contributed by atoms with Gasteiger partial charge < -0.3 is 24.4 Å². The van der Waals surface area contributed by atoms with Gasteiger partial charge in [-0.05, 0) is 153 Å². The number of esters is 2. The van der Waals surface area contributed by atoms with Crippen LogP contribution in [-0.4, -0.2) is 55.2 Å². The van der Waals surface area contributed by atoms with Crippen LogP contribution in [0.15, 0.2) is 78.9 Å². The Morgan fingerprint density at radius 3 is 1.73 bits per heavy atom. The van der Waals surface area contributed by atoms with Crippen LogP contribution in [0.4, 0.5) is 0 Å². The van der Waals surface area contributed by atoms with Gasteiger partial charge in [0.05, 0.1) is 33.0 Å². The lowest BCUT2D eigenvalue weighted by molar-refractivity contribution is -0.139. The summed E-state index contributed by atoms with van der Waals surface area (Å²) in [6.45, 7) is 17.9. The molecule has 60 heavy (non-hydrogen) atoms. The Morgan fingerprint density at radius 1 is 0.667 bits per heavy atom. The van der Waals surface area contributed by atoms with Gasteiger partial charge in [0, 0.05) is 16.6 Å². The maximum absolute atomic E-state index is 12.2. The predicted molar refractivity (Wildman–Crippen MR) is 245 cm³/mol. The lowest BCUT2D eigenvalue weighted by atomic mass is 9.77. The van der Waals surface area contributed by atoms with Gasteiger partial charge in [-0.1, -0.05) is 108 Å². The van der Waals surface area contributed by atoms with Gasteiger partial charge in [-0.2, -0.15) is 0 Å². The number of ether oxygens (including phenoxy) is 3. The average Bonchev–Trinajstić information content (AvgIpc) is 3.27. The van der Waals surface area contributed by atoms with Crippen LogP contribution in [0.1, 0.15) is 146 Å². The topological polar surface area (TPSA) is 102 Å². The van der Waals surface area contributed by atoms with Crippen molar-refractivity contribution in [1.29, 1.82) is 0 Å². The number of hydrogen-bond donors (Lipinski definition) is 2. The number of carbonyl (C=O) groups excluding carboxylic acids is 2. The third-order valence-corrected chi connectivity index (χ3v) is 12.5. The van der Waals surface area contributed by atoms with Crippen molar-refractivity contribution in [1.82, 2.24) is 0 Å². The first kappa shape index (κ1) is 48.5. The lowest BCUT2D eigenvalue weighted by Crippen LogP contribution is -2.32. The van der Waals surface area contributed by atoms with Gasteiger partial charge in [-0.15, -0.1) is 0 Å². The molecule has 0 aliphatic heterocycles. The van der Waals surface area contributed by atoms with E-state index in [1.54, 1.807) is 13.8 Å². The number of aryl methyl sites for hydroxylation is 3. The molecule has 1 aliphatic rings. The van der Waals surface area contributed by atoms with Crippen molar-refractivity contribution in [3.63, 3.8) is 0 Å². The summed E-state index contributed by atoms with van der Waals surface area (Å²) in [6.07, 6.45) is 15.6. The highest BCUT2D eigenvalue weighted by atomic mass is 16.5. The quantitative estimate of drug-likeness (QED) is 0.0472. The molecule has 3 aromatic carbocycles. The van der Waals surface area contributed by atoms with Gasteiger partial charge in [0.15, 0.2) is 0 Å². The summed E-state index contributed by atoms with van der Waals surface area (Å²) in [6, 6.07) is 20.4. The second kappa shape index (κ2) is 24.9. The Hall–Kier alpha value is -4.20. The van der Waals surface area contributed by atoms with Crippen LogP contribution >= 0.6 is 0 Å². The fraction of sp³-hybridized carbons (Fsp3) is 0.547. The summed E-state index contributed by atoms with van der Waals surface area (Å²) in [5, 5.41) is 20.7. The first-order valence-corrected chi connectivity index (χ1v) is 22.9. The standard InChI is InChI=1S/C53H74O7/c1-8-11-15-40-18-20-42(21-19-40)43-22-24-44(25-23-43)45-26-27-49(41(10-3)33-45)48-34-46(16-13-30-59-51(56)38(4)5)50(47(35-48)17-14-31-60-52(57)39(6)7)58-32-29-53(36-54,37-55)28-12-9-2/h22-27,33-35,40,42,54-55H,4,6,8-21,28-32,36-37H2,1-3,5,7H3. The molecule has 7 heteroatoms. The molecule has 1 aliphatic carbocycles. The summed E-state index contributed by atoms with van der Waals surface area (Å²) in [7, 11) is 0. The van der Waals surface area contributed by atoms with Crippen molar-refractivity contribution in [2.75, 3.05) is 33.0 Å². The smallest absolute Gasteiger partial charge is 0.333 e. The van der Waals surface area contributed by atoms with E-state index in [9.17, 15) is 19.8 Å². The van der Waals surface area contributed by atoms with Gasteiger partial charge in [0.25, 0.3) is 0 Å². The summed E-state index contributed by atoms with van der Waals surface area (Å²) in [5.41, 5.74) is 9.41. The average molecular weight is 823 g/mol. The molecule has 0 heterocycles. The normalized spacial score (nSPS) is 15.4. The van der Waals surface area contributed by atoms with Gasteiger partial charge in [-0.25, -0.2) is 9.59 Å². The molecule has 2 N–H and O–H groups in total. The molecule has 4 rings (SSSR count). The number of hydrogen-bond acceptors (Lipinski definition) is 7. The third kappa shape index (κ3) is 14.2. The molecule has 1 saturated carbocycles.